The van der Waals surface area contributed by atoms with Crippen LogP contribution >= 0.6 is 0 Å². The Kier molecular flexibility index (Phi) is 3.69. The van der Waals surface area contributed by atoms with Crippen molar-refractivity contribution < 1.29 is 13.9 Å². The quantitative estimate of drug-likeness (QED) is 0.789. The van der Waals surface area contributed by atoms with E-state index in [0.29, 0.717) is 6.42 Å². The van der Waals surface area contributed by atoms with E-state index in [1.54, 1.807) is 12.3 Å². The molecule has 4 heteroatoms. The lowest BCUT2D eigenvalue weighted by Gasteiger charge is -2.20. The summed E-state index contributed by atoms with van der Waals surface area (Å²) >= 11 is 0. The molecule has 1 heterocycles. The molecule has 0 amide bonds. The Labute approximate surface area is 122 Å². The number of hydrogen-bond donors (Lipinski definition) is 0. The van der Waals surface area contributed by atoms with Gasteiger partial charge >= 0.3 is 5.97 Å². The first-order chi connectivity index (χ1) is 10.2. The highest BCUT2D eigenvalue weighted by molar-refractivity contribution is 5.92. The van der Waals surface area contributed by atoms with Crippen LogP contribution < -0.4 is 0 Å². The monoisotopic (exact) mass is 285 g/mol. The zero-order valence-corrected chi connectivity index (χ0v) is 11.8. The molecule has 0 spiro atoms. The van der Waals surface area contributed by atoms with E-state index in [0.717, 1.165) is 34.9 Å². The van der Waals surface area contributed by atoms with E-state index in [4.69, 9.17) is 4.74 Å². The fourth-order valence-corrected chi connectivity index (χ4v) is 2.86. The maximum atomic E-state index is 13.5. The van der Waals surface area contributed by atoms with Crippen molar-refractivity contribution in [3.63, 3.8) is 0 Å². The van der Waals surface area contributed by atoms with Crippen molar-refractivity contribution in [2.24, 2.45) is 5.92 Å². The molecule has 0 saturated heterocycles. The van der Waals surface area contributed by atoms with Crippen LogP contribution in [0.3, 0.4) is 0 Å². The number of esters is 1. The third-order valence-electron chi connectivity index (χ3n) is 3.99. The van der Waals surface area contributed by atoms with Gasteiger partial charge in [0, 0.05) is 11.6 Å². The van der Waals surface area contributed by atoms with Gasteiger partial charge in [-0.1, -0.05) is 6.08 Å². The maximum absolute atomic E-state index is 13.5. The average molecular weight is 285 g/mol. The van der Waals surface area contributed by atoms with E-state index < -0.39 is 0 Å². The highest BCUT2D eigenvalue weighted by Crippen LogP contribution is 2.34. The lowest BCUT2D eigenvalue weighted by Crippen LogP contribution is -2.18. The van der Waals surface area contributed by atoms with E-state index in [1.807, 2.05) is 6.07 Å². The van der Waals surface area contributed by atoms with Crippen LogP contribution in [-0.4, -0.2) is 18.1 Å². The van der Waals surface area contributed by atoms with Crippen LogP contribution in [-0.2, 0) is 9.53 Å². The molecule has 1 aromatic carbocycles. The second-order valence-electron chi connectivity index (χ2n) is 5.24. The van der Waals surface area contributed by atoms with Gasteiger partial charge in [0.05, 0.1) is 18.5 Å². The van der Waals surface area contributed by atoms with Gasteiger partial charge in [0.2, 0.25) is 0 Å². The van der Waals surface area contributed by atoms with Crippen LogP contribution in [0, 0.1) is 11.7 Å². The summed E-state index contributed by atoms with van der Waals surface area (Å²) < 4.78 is 18.3. The van der Waals surface area contributed by atoms with E-state index in [1.165, 1.54) is 19.2 Å². The molecule has 0 N–H and O–H groups in total. The Hall–Kier alpha value is -2.23. The summed E-state index contributed by atoms with van der Waals surface area (Å²) in [4.78, 5) is 15.8. The molecule has 1 aromatic heterocycles. The Balaban J connectivity index is 1.96. The van der Waals surface area contributed by atoms with E-state index in [-0.39, 0.29) is 17.7 Å². The van der Waals surface area contributed by atoms with E-state index >= 15 is 0 Å². The summed E-state index contributed by atoms with van der Waals surface area (Å²) in [6.45, 7) is 0. The number of carbonyl (C=O) groups is 1. The van der Waals surface area contributed by atoms with Crippen LogP contribution in [0.1, 0.15) is 24.8 Å². The van der Waals surface area contributed by atoms with Gasteiger partial charge in [-0.2, -0.15) is 0 Å². The molecule has 1 unspecified atom stereocenters. The molecule has 0 fully saturated rings. The van der Waals surface area contributed by atoms with Crippen molar-refractivity contribution in [2.75, 3.05) is 7.11 Å². The number of nitrogens with zero attached hydrogens (tertiary/aromatic N) is 1. The molecule has 3 nitrogen and oxygen atoms in total. The molecular formula is C17H16FNO2. The lowest BCUT2D eigenvalue weighted by atomic mass is 9.86. The number of ether oxygens (including phenoxy) is 1. The van der Waals surface area contributed by atoms with Gasteiger partial charge in [0.25, 0.3) is 0 Å². The number of methoxy groups -OCH3 is 1. The summed E-state index contributed by atoms with van der Waals surface area (Å²) in [7, 11) is 1.42. The van der Waals surface area contributed by atoms with Crippen LogP contribution in [0.25, 0.3) is 16.5 Å². The smallest absolute Gasteiger partial charge is 0.308 e. The van der Waals surface area contributed by atoms with Crippen LogP contribution in [0.5, 0.6) is 0 Å². The zero-order valence-electron chi connectivity index (χ0n) is 11.8. The number of halogens is 1. The van der Waals surface area contributed by atoms with Crippen molar-refractivity contribution in [1.82, 2.24) is 4.98 Å². The molecule has 0 radical (unpaired) electrons. The molecule has 1 atom stereocenters. The second-order valence-corrected chi connectivity index (χ2v) is 5.24. The summed E-state index contributed by atoms with van der Waals surface area (Å²) in [5.74, 6) is -0.486. The largest absolute Gasteiger partial charge is 0.469 e. The van der Waals surface area contributed by atoms with Gasteiger partial charge in [-0.05, 0) is 54.7 Å². The molecule has 0 saturated carbocycles. The van der Waals surface area contributed by atoms with Gasteiger partial charge in [-0.15, -0.1) is 0 Å². The number of pyridine rings is 1. The van der Waals surface area contributed by atoms with Gasteiger partial charge in [-0.25, -0.2) is 4.39 Å². The van der Waals surface area contributed by atoms with Crippen LogP contribution in [0.4, 0.5) is 4.39 Å². The van der Waals surface area contributed by atoms with Crippen molar-refractivity contribution in [1.29, 1.82) is 0 Å². The number of carbonyl (C=O) groups excluding carboxylic acids is 1. The molecule has 2 aromatic rings. The Morgan fingerprint density at radius 1 is 1.38 bits per heavy atom. The van der Waals surface area contributed by atoms with Gasteiger partial charge in [0.1, 0.15) is 5.82 Å². The van der Waals surface area contributed by atoms with Gasteiger partial charge in [0.15, 0.2) is 0 Å². The topological polar surface area (TPSA) is 39.2 Å². The number of hydrogen-bond acceptors (Lipinski definition) is 3. The Bertz CT molecular complexity index is 724. The van der Waals surface area contributed by atoms with Crippen molar-refractivity contribution in [3.05, 3.63) is 47.9 Å². The second kappa shape index (κ2) is 5.64. The minimum Gasteiger partial charge on any atom is -0.469 e. The van der Waals surface area contributed by atoms with Gasteiger partial charge in [-0.3, -0.25) is 9.78 Å². The lowest BCUT2D eigenvalue weighted by molar-refractivity contribution is -0.145. The molecule has 108 valence electrons. The summed E-state index contributed by atoms with van der Waals surface area (Å²) in [6, 6.07) is 6.54. The maximum Gasteiger partial charge on any atom is 0.308 e. The fourth-order valence-electron chi connectivity index (χ4n) is 2.86. The number of allylic oxidation sites excluding steroid dienone is 2. The fraction of sp³-hybridized carbons (Fsp3) is 0.294. The Morgan fingerprint density at radius 2 is 2.24 bits per heavy atom. The third-order valence-corrected chi connectivity index (χ3v) is 3.99. The molecular weight excluding hydrogens is 269 g/mol. The molecule has 0 aliphatic heterocycles. The van der Waals surface area contributed by atoms with E-state index in [2.05, 4.69) is 11.1 Å². The highest BCUT2D eigenvalue weighted by atomic mass is 19.1. The summed E-state index contributed by atoms with van der Waals surface area (Å²) in [5, 5.41) is 0.820. The molecule has 1 aliphatic carbocycles. The van der Waals surface area contributed by atoms with Crippen molar-refractivity contribution in [3.8, 4) is 0 Å². The number of rotatable bonds is 2. The number of benzene rings is 1. The molecule has 1 aliphatic rings. The molecule has 0 bridgehead atoms. The number of fused-ring (bicyclic) bond motifs is 1. The highest BCUT2D eigenvalue weighted by Gasteiger charge is 2.23. The third kappa shape index (κ3) is 2.66. The first-order valence-corrected chi connectivity index (χ1v) is 7.00. The minimum absolute atomic E-state index is 0.0661. The van der Waals surface area contributed by atoms with Crippen LogP contribution in [0.2, 0.25) is 0 Å². The Morgan fingerprint density at radius 3 is 2.95 bits per heavy atom. The van der Waals surface area contributed by atoms with Crippen LogP contribution in [0.15, 0.2) is 36.5 Å². The SMILES string of the molecule is COC(=O)C1CC=C(c2ccnc3ccc(F)cc23)CC1. The first-order valence-electron chi connectivity index (χ1n) is 7.00. The summed E-state index contributed by atoms with van der Waals surface area (Å²) in [5.41, 5.74) is 2.93. The minimum atomic E-state index is -0.263. The van der Waals surface area contributed by atoms with E-state index in [9.17, 15) is 9.18 Å². The summed E-state index contributed by atoms with van der Waals surface area (Å²) in [6.07, 6.45) is 6.02. The van der Waals surface area contributed by atoms with Crippen molar-refractivity contribution in [2.45, 2.75) is 19.3 Å². The molecule has 3 rings (SSSR count). The first kappa shape index (κ1) is 13.7. The zero-order chi connectivity index (χ0) is 14.8. The normalized spacial score (nSPS) is 18.4. The number of aromatic nitrogens is 1. The van der Waals surface area contributed by atoms with Crippen molar-refractivity contribution >= 4 is 22.4 Å². The molecule has 21 heavy (non-hydrogen) atoms. The van der Waals surface area contributed by atoms with Gasteiger partial charge < -0.3 is 4.74 Å². The average Bonchev–Trinajstić information content (AvgIpc) is 2.53. The predicted octanol–water partition coefficient (Wildman–Crippen LogP) is 3.73. The predicted molar refractivity (Wildman–Crippen MR) is 79.0 cm³/mol. The standard InChI is InChI=1S/C17H16FNO2/c1-21-17(20)12-4-2-11(3-5-12)14-8-9-19-16-7-6-13(18)10-15(14)16/h2,6-10,12H,3-5H2,1H3.